The molecular formula is C14H17N3. The molecule has 17 heavy (non-hydrogen) atoms. The van der Waals surface area contributed by atoms with E-state index in [2.05, 4.69) is 43.1 Å². The van der Waals surface area contributed by atoms with Crippen molar-refractivity contribution in [3.05, 3.63) is 40.5 Å². The van der Waals surface area contributed by atoms with Crippen LogP contribution in [0.2, 0.25) is 0 Å². The number of aromatic nitrogens is 2. The molecule has 3 heteroatoms. The van der Waals surface area contributed by atoms with Crippen molar-refractivity contribution < 1.29 is 0 Å². The first-order valence-corrected chi connectivity index (χ1v) is 5.67. The summed E-state index contributed by atoms with van der Waals surface area (Å²) in [6.07, 6.45) is 0. The van der Waals surface area contributed by atoms with Gasteiger partial charge in [-0.15, -0.1) is 10.2 Å². The van der Waals surface area contributed by atoms with Gasteiger partial charge in [0.25, 0.3) is 0 Å². The van der Waals surface area contributed by atoms with Crippen LogP contribution in [0.15, 0.2) is 18.2 Å². The summed E-state index contributed by atoms with van der Waals surface area (Å²) in [5, 5.41) is 8.14. The first kappa shape index (κ1) is 11.6. The summed E-state index contributed by atoms with van der Waals surface area (Å²) in [7, 11) is 0. The van der Waals surface area contributed by atoms with Crippen LogP contribution in [0.5, 0.6) is 0 Å². The highest BCUT2D eigenvalue weighted by Gasteiger charge is 2.08. The second-order valence-electron chi connectivity index (χ2n) is 4.55. The average Bonchev–Trinajstić information content (AvgIpc) is 2.27. The van der Waals surface area contributed by atoms with Gasteiger partial charge >= 0.3 is 0 Å². The molecule has 0 amide bonds. The second kappa shape index (κ2) is 4.17. The maximum absolute atomic E-state index is 5.69. The SMILES string of the molecule is Cc1cc(C)c(-c2cc(C)c(N)nn2)cc1C. The molecule has 2 aromatic rings. The zero-order valence-electron chi connectivity index (χ0n) is 10.7. The van der Waals surface area contributed by atoms with Gasteiger partial charge in [-0.3, -0.25) is 0 Å². The summed E-state index contributed by atoms with van der Waals surface area (Å²) >= 11 is 0. The molecule has 0 spiro atoms. The van der Waals surface area contributed by atoms with Gasteiger partial charge < -0.3 is 5.73 Å². The van der Waals surface area contributed by atoms with Crippen molar-refractivity contribution in [2.75, 3.05) is 5.73 Å². The summed E-state index contributed by atoms with van der Waals surface area (Å²) in [6, 6.07) is 6.32. The number of anilines is 1. The number of rotatable bonds is 1. The monoisotopic (exact) mass is 227 g/mol. The van der Waals surface area contributed by atoms with E-state index in [1.807, 2.05) is 13.0 Å². The quantitative estimate of drug-likeness (QED) is 0.814. The molecule has 88 valence electrons. The Morgan fingerprint density at radius 1 is 0.765 bits per heavy atom. The number of aryl methyl sites for hydroxylation is 4. The fraction of sp³-hybridized carbons (Fsp3) is 0.286. The predicted octanol–water partition coefficient (Wildman–Crippen LogP) is 2.96. The van der Waals surface area contributed by atoms with Gasteiger partial charge in [0, 0.05) is 5.56 Å². The molecule has 1 aromatic carbocycles. The molecule has 0 bridgehead atoms. The van der Waals surface area contributed by atoms with E-state index in [1.54, 1.807) is 0 Å². The van der Waals surface area contributed by atoms with Gasteiger partial charge in [-0.25, -0.2) is 0 Å². The second-order valence-corrected chi connectivity index (χ2v) is 4.55. The first-order chi connectivity index (χ1) is 7.99. The number of nitrogens with two attached hydrogens (primary N) is 1. The van der Waals surface area contributed by atoms with Crippen molar-refractivity contribution in [1.29, 1.82) is 0 Å². The molecule has 3 nitrogen and oxygen atoms in total. The smallest absolute Gasteiger partial charge is 0.149 e. The first-order valence-electron chi connectivity index (χ1n) is 5.67. The molecule has 0 fully saturated rings. The lowest BCUT2D eigenvalue weighted by molar-refractivity contribution is 1.03. The average molecular weight is 227 g/mol. The third-order valence-electron chi connectivity index (χ3n) is 3.14. The Morgan fingerprint density at radius 2 is 1.41 bits per heavy atom. The molecule has 0 aliphatic carbocycles. The number of benzene rings is 1. The van der Waals surface area contributed by atoms with Gasteiger partial charge in [0.15, 0.2) is 0 Å². The Labute approximate surface area is 102 Å². The van der Waals surface area contributed by atoms with E-state index in [-0.39, 0.29) is 0 Å². The molecule has 0 atom stereocenters. The minimum atomic E-state index is 0.496. The van der Waals surface area contributed by atoms with E-state index in [4.69, 9.17) is 5.73 Å². The van der Waals surface area contributed by atoms with Crippen LogP contribution in [0.25, 0.3) is 11.3 Å². The predicted molar refractivity (Wildman–Crippen MR) is 70.8 cm³/mol. The molecule has 1 aromatic heterocycles. The van der Waals surface area contributed by atoms with E-state index in [0.29, 0.717) is 5.82 Å². The van der Waals surface area contributed by atoms with Crippen LogP contribution in [-0.2, 0) is 0 Å². The Morgan fingerprint density at radius 3 is 2.06 bits per heavy atom. The lowest BCUT2D eigenvalue weighted by Gasteiger charge is -2.09. The molecule has 0 saturated heterocycles. The van der Waals surface area contributed by atoms with Crippen LogP contribution in [0.3, 0.4) is 0 Å². The van der Waals surface area contributed by atoms with Gasteiger partial charge in [-0.05, 0) is 62.1 Å². The molecular weight excluding hydrogens is 210 g/mol. The van der Waals surface area contributed by atoms with Gasteiger partial charge in [0.05, 0.1) is 5.69 Å². The minimum absolute atomic E-state index is 0.496. The summed E-state index contributed by atoms with van der Waals surface area (Å²) in [5.41, 5.74) is 12.4. The van der Waals surface area contributed by atoms with Crippen LogP contribution in [0.1, 0.15) is 22.3 Å². The molecule has 1 heterocycles. The van der Waals surface area contributed by atoms with E-state index in [9.17, 15) is 0 Å². The largest absolute Gasteiger partial charge is 0.382 e. The number of nitrogen functional groups attached to an aromatic ring is 1. The Bertz CT molecular complexity index is 574. The van der Waals surface area contributed by atoms with E-state index >= 15 is 0 Å². The van der Waals surface area contributed by atoms with E-state index < -0.39 is 0 Å². The lowest BCUT2D eigenvalue weighted by Crippen LogP contribution is -1.99. The third kappa shape index (κ3) is 2.13. The summed E-state index contributed by atoms with van der Waals surface area (Å²) < 4.78 is 0. The normalized spacial score (nSPS) is 10.6. The standard InChI is InChI=1S/C14H17N3/c1-8-5-10(3)12(6-9(8)2)13-7-11(4)14(15)17-16-13/h5-7H,1-4H3,(H2,15,17). The molecule has 2 rings (SSSR count). The van der Waals surface area contributed by atoms with Gasteiger partial charge in [0.2, 0.25) is 0 Å². The van der Waals surface area contributed by atoms with Crippen molar-refractivity contribution in [1.82, 2.24) is 10.2 Å². The number of hydrogen-bond acceptors (Lipinski definition) is 3. The highest BCUT2D eigenvalue weighted by atomic mass is 15.1. The van der Waals surface area contributed by atoms with Crippen molar-refractivity contribution in [3.63, 3.8) is 0 Å². The number of hydrogen-bond donors (Lipinski definition) is 1. The van der Waals surface area contributed by atoms with Gasteiger partial charge in [-0.2, -0.15) is 0 Å². The lowest BCUT2D eigenvalue weighted by atomic mass is 9.98. The zero-order chi connectivity index (χ0) is 12.6. The van der Waals surface area contributed by atoms with Gasteiger partial charge in [0.1, 0.15) is 5.82 Å². The van der Waals surface area contributed by atoms with Crippen LogP contribution >= 0.6 is 0 Å². The van der Waals surface area contributed by atoms with Gasteiger partial charge in [-0.1, -0.05) is 6.07 Å². The Hall–Kier alpha value is -1.90. The third-order valence-corrected chi connectivity index (χ3v) is 3.14. The van der Waals surface area contributed by atoms with Crippen LogP contribution < -0.4 is 5.73 Å². The molecule has 2 N–H and O–H groups in total. The van der Waals surface area contributed by atoms with Crippen molar-refractivity contribution >= 4 is 5.82 Å². The van der Waals surface area contributed by atoms with Crippen molar-refractivity contribution in [2.45, 2.75) is 27.7 Å². The summed E-state index contributed by atoms with van der Waals surface area (Å²) in [6.45, 7) is 8.26. The van der Waals surface area contributed by atoms with Crippen LogP contribution in [0, 0.1) is 27.7 Å². The topological polar surface area (TPSA) is 51.8 Å². The molecule has 0 aliphatic heterocycles. The molecule has 0 unspecified atom stereocenters. The highest BCUT2D eigenvalue weighted by Crippen LogP contribution is 2.25. The van der Waals surface area contributed by atoms with Crippen LogP contribution in [-0.4, -0.2) is 10.2 Å². The molecule has 0 saturated carbocycles. The van der Waals surface area contributed by atoms with Crippen molar-refractivity contribution in [2.24, 2.45) is 0 Å². The fourth-order valence-electron chi connectivity index (χ4n) is 1.86. The minimum Gasteiger partial charge on any atom is -0.382 e. The van der Waals surface area contributed by atoms with Crippen LogP contribution in [0.4, 0.5) is 5.82 Å². The maximum Gasteiger partial charge on any atom is 0.149 e. The summed E-state index contributed by atoms with van der Waals surface area (Å²) in [5.74, 6) is 0.496. The van der Waals surface area contributed by atoms with E-state index in [0.717, 1.165) is 16.8 Å². The maximum atomic E-state index is 5.69. The van der Waals surface area contributed by atoms with Crippen molar-refractivity contribution in [3.8, 4) is 11.3 Å². The molecule has 0 radical (unpaired) electrons. The van der Waals surface area contributed by atoms with E-state index in [1.165, 1.54) is 16.7 Å². The summed E-state index contributed by atoms with van der Waals surface area (Å²) in [4.78, 5) is 0. The Balaban J connectivity index is 2.60. The fourth-order valence-corrected chi connectivity index (χ4v) is 1.86. The highest BCUT2D eigenvalue weighted by molar-refractivity contribution is 5.66. The zero-order valence-corrected chi connectivity index (χ0v) is 10.7. The Kier molecular flexibility index (Phi) is 2.84. The number of nitrogens with zero attached hydrogens (tertiary/aromatic N) is 2. The molecule has 0 aliphatic rings.